The van der Waals surface area contributed by atoms with E-state index in [2.05, 4.69) is 39.5 Å². The van der Waals surface area contributed by atoms with Gasteiger partial charge in [0.25, 0.3) is 5.91 Å². The van der Waals surface area contributed by atoms with Gasteiger partial charge in [0.15, 0.2) is 12.3 Å². The molecule has 192 valence electrons. The number of H-pyrrole nitrogens is 1. The number of anilines is 1. The molecule has 0 unspecified atom stereocenters. The van der Waals surface area contributed by atoms with Crippen LogP contribution < -0.4 is 15.4 Å². The maximum Gasteiger partial charge on any atom is 0.258 e. The number of imidazole rings is 1. The van der Waals surface area contributed by atoms with Crippen molar-refractivity contribution in [2.75, 3.05) is 32.1 Å². The number of likely N-dealkylation sites (tertiary alicyclic amines) is 1. The number of hydrogen-bond acceptors (Lipinski definition) is 6. The predicted octanol–water partition coefficient (Wildman–Crippen LogP) is 4.86. The summed E-state index contributed by atoms with van der Waals surface area (Å²) >= 11 is 6.52. The van der Waals surface area contributed by atoms with Crippen LogP contribution in [0.2, 0.25) is 5.02 Å². The number of benzene rings is 1. The maximum absolute atomic E-state index is 12.3. The van der Waals surface area contributed by atoms with Crippen LogP contribution in [-0.4, -0.2) is 64.6 Å². The molecule has 0 radical (unpaired) electrons. The monoisotopic (exact) mass is 510 g/mol. The molecule has 1 saturated heterocycles. The lowest BCUT2D eigenvalue weighted by Gasteiger charge is -2.30. The molecule has 1 aliphatic heterocycles. The zero-order valence-electron chi connectivity index (χ0n) is 21.0. The molecule has 0 bridgehead atoms. The summed E-state index contributed by atoms with van der Waals surface area (Å²) in [5.41, 5.74) is 3.17. The van der Waals surface area contributed by atoms with Gasteiger partial charge in [0.05, 0.1) is 16.9 Å². The van der Waals surface area contributed by atoms with E-state index in [9.17, 15) is 4.79 Å². The van der Waals surface area contributed by atoms with Gasteiger partial charge >= 0.3 is 0 Å². The fourth-order valence-corrected chi connectivity index (χ4v) is 5.29. The van der Waals surface area contributed by atoms with E-state index < -0.39 is 0 Å². The third-order valence-corrected chi connectivity index (χ3v) is 7.70. The van der Waals surface area contributed by atoms with Crippen LogP contribution in [0.15, 0.2) is 30.5 Å². The molecule has 3 N–H and O–H groups in total. The largest absolute Gasteiger partial charge is 0.484 e. The number of aromatic nitrogens is 3. The van der Waals surface area contributed by atoms with Gasteiger partial charge in [0.2, 0.25) is 0 Å². The van der Waals surface area contributed by atoms with Gasteiger partial charge < -0.3 is 25.3 Å². The SMILES string of the molecule is CC1CCC(NC(=O)COc2ccc(-c3nc4c(NC5CCN(C)CC5)c(Cl)cnc4[nH]3)cc2)CC1. The Hall–Kier alpha value is -2.84. The van der Waals surface area contributed by atoms with Crippen molar-refractivity contribution >= 4 is 34.4 Å². The molecule has 8 nitrogen and oxygen atoms in total. The smallest absolute Gasteiger partial charge is 0.258 e. The van der Waals surface area contributed by atoms with Crippen LogP contribution in [0.1, 0.15) is 45.4 Å². The normalized spacial score (nSPS) is 21.4. The lowest BCUT2D eigenvalue weighted by Crippen LogP contribution is -2.39. The second-order valence-electron chi connectivity index (χ2n) is 10.3. The Balaban J connectivity index is 1.22. The highest BCUT2D eigenvalue weighted by atomic mass is 35.5. The zero-order valence-corrected chi connectivity index (χ0v) is 21.8. The number of halogens is 1. The van der Waals surface area contributed by atoms with E-state index in [4.69, 9.17) is 21.3 Å². The average Bonchev–Trinajstić information content (AvgIpc) is 3.32. The Labute approximate surface area is 217 Å². The Morgan fingerprint density at radius 3 is 2.56 bits per heavy atom. The third kappa shape index (κ3) is 5.93. The molecule has 5 rings (SSSR count). The van der Waals surface area contributed by atoms with Crippen LogP contribution in [0.25, 0.3) is 22.6 Å². The van der Waals surface area contributed by atoms with Gasteiger partial charge in [-0.15, -0.1) is 0 Å². The number of amides is 1. The van der Waals surface area contributed by atoms with Crippen molar-refractivity contribution in [3.8, 4) is 17.1 Å². The molecule has 1 saturated carbocycles. The summed E-state index contributed by atoms with van der Waals surface area (Å²) in [5.74, 6) is 2.05. The van der Waals surface area contributed by atoms with Crippen LogP contribution in [0.4, 0.5) is 5.69 Å². The van der Waals surface area contributed by atoms with Crippen LogP contribution in [0.3, 0.4) is 0 Å². The highest BCUT2D eigenvalue weighted by molar-refractivity contribution is 6.34. The molecule has 1 amide bonds. The van der Waals surface area contributed by atoms with Crippen molar-refractivity contribution in [1.82, 2.24) is 25.2 Å². The molecule has 0 spiro atoms. The number of hydrogen-bond donors (Lipinski definition) is 3. The number of rotatable bonds is 7. The first-order valence-electron chi connectivity index (χ1n) is 13.0. The summed E-state index contributed by atoms with van der Waals surface area (Å²) in [6, 6.07) is 8.21. The van der Waals surface area contributed by atoms with Gasteiger partial charge in [0.1, 0.15) is 17.1 Å². The van der Waals surface area contributed by atoms with Gasteiger partial charge in [0, 0.05) is 17.6 Å². The van der Waals surface area contributed by atoms with E-state index >= 15 is 0 Å². The molecule has 1 aliphatic carbocycles. The number of nitrogens with zero attached hydrogens (tertiary/aromatic N) is 3. The van der Waals surface area contributed by atoms with Crippen LogP contribution >= 0.6 is 11.6 Å². The highest BCUT2D eigenvalue weighted by Crippen LogP contribution is 2.32. The lowest BCUT2D eigenvalue weighted by atomic mass is 9.87. The molecule has 9 heteroatoms. The second kappa shape index (κ2) is 11.0. The zero-order chi connectivity index (χ0) is 25.1. The van der Waals surface area contributed by atoms with E-state index in [0.29, 0.717) is 28.3 Å². The Bertz CT molecular complexity index is 1180. The summed E-state index contributed by atoms with van der Waals surface area (Å²) in [6.45, 7) is 4.41. The number of aromatic amines is 1. The number of piperidine rings is 1. The van der Waals surface area contributed by atoms with Gasteiger partial charge in [-0.3, -0.25) is 4.79 Å². The summed E-state index contributed by atoms with van der Waals surface area (Å²) in [7, 11) is 2.15. The minimum absolute atomic E-state index is 0.0183. The Morgan fingerprint density at radius 1 is 1.11 bits per heavy atom. The first-order valence-corrected chi connectivity index (χ1v) is 13.3. The van der Waals surface area contributed by atoms with Gasteiger partial charge in [-0.2, -0.15) is 0 Å². The van der Waals surface area contributed by atoms with E-state index in [0.717, 1.165) is 61.5 Å². The van der Waals surface area contributed by atoms with Crippen molar-refractivity contribution in [2.24, 2.45) is 5.92 Å². The topological polar surface area (TPSA) is 95.2 Å². The Kier molecular flexibility index (Phi) is 7.62. The summed E-state index contributed by atoms with van der Waals surface area (Å²) in [6.07, 6.45) is 8.24. The average molecular weight is 511 g/mol. The van der Waals surface area contributed by atoms with E-state index in [1.165, 1.54) is 12.8 Å². The van der Waals surface area contributed by atoms with Crippen molar-refractivity contribution in [2.45, 2.75) is 57.5 Å². The number of nitrogens with one attached hydrogen (secondary N) is 3. The van der Waals surface area contributed by atoms with Crippen LogP contribution in [0.5, 0.6) is 5.75 Å². The van der Waals surface area contributed by atoms with Crippen LogP contribution in [-0.2, 0) is 4.79 Å². The number of pyridine rings is 1. The molecule has 36 heavy (non-hydrogen) atoms. The quantitative estimate of drug-likeness (QED) is 0.420. The fourth-order valence-electron chi connectivity index (χ4n) is 5.09. The molecular weight excluding hydrogens is 476 g/mol. The Morgan fingerprint density at radius 2 is 1.83 bits per heavy atom. The van der Waals surface area contributed by atoms with Crippen LogP contribution in [0, 0.1) is 5.92 Å². The summed E-state index contributed by atoms with van der Waals surface area (Å²) in [5, 5.41) is 7.28. The molecule has 3 aromatic rings. The standard InChI is InChI=1S/C27H35ClN6O2/c1-17-3-7-19(8-4-17)30-23(35)16-36-21-9-5-18(6-10-21)26-32-25-24(22(28)15-29-27(25)33-26)31-20-11-13-34(2)14-12-20/h5-6,9-10,15,17,19-20H,3-4,7-8,11-14,16H2,1-2H3,(H,30,35)(H2,29,31,32,33). The number of carbonyl (C=O) groups is 1. The lowest BCUT2D eigenvalue weighted by molar-refractivity contribution is -0.124. The van der Waals surface area contributed by atoms with E-state index in [-0.39, 0.29) is 18.6 Å². The second-order valence-corrected chi connectivity index (χ2v) is 10.7. The first-order chi connectivity index (χ1) is 17.4. The number of fused-ring (bicyclic) bond motifs is 1. The van der Waals surface area contributed by atoms with Crippen molar-refractivity contribution < 1.29 is 9.53 Å². The predicted molar refractivity (Wildman–Crippen MR) is 144 cm³/mol. The van der Waals surface area contributed by atoms with E-state index in [1.54, 1.807) is 6.20 Å². The highest BCUT2D eigenvalue weighted by Gasteiger charge is 2.21. The van der Waals surface area contributed by atoms with E-state index in [1.807, 2.05) is 24.3 Å². The number of ether oxygens (including phenoxy) is 1. The first kappa shape index (κ1) is 24.8. The van der Waals surface area contributed by atoms with Crippen molar-refractivity contribution in [1.29, 1.82) is 0 Å². The molecule has 2 aromatic heterocycles. The minimum atomic E-state index is -0.0662. The van der Waals surface area contributed by atoms with Gasteiger partial charge in [-0.1, -0.05) is 18.5 Å². The molecular formula is C27H35ClN6O2. The number of carbonyl (C=O) groups excluding carboxylic acids is 1. The minimum Gasteiger partial charge on any atom is -0.484 e. The fraction of sp³-hybridized carbons (Fsp3) is 0.519. The van der Waals surface area contributed by atoms with Gasteiger partial charge in [-0.05, 0) is 88.8 Å². The van der Waals surface area contributed by atoms with Crippen molar-refractivity contribution in [3.05, 3.63) is 35.5 Å². The molecule has 2 aliphatic rings. The molecule has 0 atom stereocenters. The molecule has 2 fully saturated rings. The van der Waals surface area contributed by atoms with Gasteiger partial charge in [-0.25, -0.2) is 9.97 Å². The summed E-state index contributed by atoms with van der Waals surface area (Å²) in [4.78, 5) is 27.2. The summed E-state index contributed by atoms with van der Waals surface area (Å²) < 4.78 is 5.72. The molecule has 3 heterocycles. The third-order valence-electron chi connectivity index (χ3n) is 7.41. The maximum atomic E-state index is 12.3. The molecule has 1 aromatic carbocycles. The van der Waals surface area contributed by atoms with Crippen molar-refractivity contribution in [3.63, 3.8) is 0 Å².